The van der Waals surface area contributed by atoms with Crippen LogP contribution in [0.15, 0.2) is 12.3 Å². The molecule has 106 valence electrons. The lowest BCUT2D eigenvalue weighted by atomic mass is 9.84. The van der Waals surface area contributed by atoms with Gasteiger partial charge in [-0.05, 0) is 51.9 Å². The molecule has 4 heteroatoms. The van der Waals surface area contributed by atoms with Crippen LogP contribution in [0.4, 0.5) is 0 Å². The van der Waals surface area contributed by atoms with E-state index in [1.54, 1.807) is 0 Å². The molecule has 0 amide bonds. The fraction of sp³-hybridized carbons (Fsp3) is 0.800. The van der Waals surface area contributed by atoms with E-state index in [1.807, 2.05) is 10.9 Å². The molecule has 0 radical (unpaired) electrons. The van der Waals surface area contributed by atoms with Gasteiger partial charge in [0.15, 0.2) is 0 Å². The van der Waals surface area contributed by atoms with Crippen molar-refractivity contribution in [2.75, 3.05) is 20.1 Å². The molecule has 1 unspecified atom stereocenters. The molecular weight excluding hydrogens is 236 g/mol. The van der Waals surface area contributed by atoms with E-state index in [4.69, 9.17) is 0 Å². The molecule has 19 heavy (non-hydrogen) atoms. The van der Waals surface area contributed by atoms with Crippen LogP contribution in [0.3, 0.4) is 0 Å². The highest BCUT2D eigenvalue weighted by molar-refractivity contribution is 5.17. The first-order chi connectivity index (χ1) is 9.28. The standard InChI is InChI=1S/C15H26N4/c1-16-14(13-7-10-17-18(13)2)15(8-3-4-9-15)19-11-5-6-12-19/h7,10,14,16H,3-6,8-9,11-12H2,1-2H3. The second-order valence-electron chi connectivity index (χ2n) is 6.11. The minimum Gasteiger partial charge on any atom is -0.310 e. The number of hydrogen-bond acceptors (Lipinski definition) is 3. The minimum atomic E-state index is 0.318. The Morgan fingerprint density at radius 1 is 1.21 bits per heavy atom. The molecule has 4 nitrogen and oxygen atoms in total. The van der Waals surface area contributed by atoms with E-state index in [-0.39, 0.29) is 0 Å². The lowest BCUT2D eigenvalue weighted by Crippen LogP contribution is -2.53. The summed E-state index contributed by atoms with van der Waals surface area (Å²) < 4.78 is 2.04. The Bertz CT molecular complexity index is 414. The van der Waals surface area contributed by atoms with Gasteiger partial charge in [-0.3, -0.25) is 9.58 Å². The number of aryl methyl sites for hydroxylation is 1. The Hall–Kier alpha value is -0.870. The van der Waals surface area contributed by atoms with Crippen molar-refractivity contribution in [3.05, 3.63) is 18.0 Å². The largest absolute Gasteiger partial charge is 0.310 e. The summed E-state index contributed by atoms with van der Waals surface area (Å²) in [4.78, 5) is 2.76. The number of likely N-dealkylation sites (tertiary alicyclic amines) is 1. The molecule has 2 aliphatic rings. The minimum absolute atomic E-state index is 0.318. The first kappa shape index (κ1) is 13.1. The number of aromatic nitrogens is 2. The number of hydrogen-bond donors (Lipinski definition) is 1. The number of nitrogens with zero attached hydrogens (tertiary/aromatic N) is 3. The molecule has 1 aliphatic carbocycles. The molecule has 1 aliphatic heterocycles. The normalized spacial score (nSPS) is 24.9. The van der Waals surface area contributed by atoms with E-state index in [0.29, 0.717) is 11.6 Å². The van der Waals surface area contributed by atoms with Crippen LogP contribution in [0.25, 0.3) is 0 Å². The molecule has 1 atom stereocenters. The fourth-order valence-electron chi connectivity index (χ4n) is 4.30. The highest BCUT2D eigenvalue weighted by atomic mass is 15.3. The summed E-state index contributed by atoms with van der Waals surface area (Å²) in [7, 11) is 4.17. The molecular formula is C15H26N4. The average Bonchev–Trinajstić information content (AvgIpc) is 3.12. The van der Waals surface area contributed by atoms with Crippen molar-refractivity contribution in [3.8, 4) is 0 Å². The highest BCUT2D eigenvalue weighted by Gasteiger charge is 2.47. The molecule has 2 heterocycles. The van der Waals surface area contributed by atoms with Gasteiger partial charge in [-0.15, -0.1) is 0 Å². The molecule has 1 N–H and O–H groups in total. The Labute approximate surface area is 116 Å². The fourth-order valence-corrected chi connectivity index (χ4v) is 4.30. The third-order valence-electron chi connectivity index (χ3n) is 5.19. The topological polar surface area (TPSA) is 33.1 Å². The van der Waals surface area contributed by atoms with E-state index in [0.717, 1.165) is 0 Å². The Kier molecular flexibility index (Phi) is 3.63. The Balaban J connectivity index is 1.95. The van der Waals surface area contributed by atoms with Crippen LogP contribution in [0.2, 0.25) is 0 Å². The Morgan fingerprint density at radius 3 is 2.42 bits per heavy atom. The van der Waals surface area contributed by atoms with Crippen molar-refractivity contribution in [1.82, 2.24) is 20.0 Å². The number of likely N-dealkylation sites (N-methyl/N-ethyl adjacent to an activating group) is 1. The van der Waals surface area contributed by atoms with Gasteiger partial charge in [0.1, 0.15) is 0 Å². The zero-order valence-corrected chi connectivity index (χ0v) is 12.2. The monoisotopic (exact) mass is 262 g/mol. The third kappa shape index (κ3) is 2.11. The molecule has 0 bridgehead atoms. The summed E-state index contributed by atoms with van der Waals surface area (Å²) >= 11 is 0. The zero-order chi connectivity index (χ0) is 13.3. The van der Waals surface area contributed by atoms with Gasteiger partial charge in [-0.1, -0.05) is 12.8 Å². The second kappa shape index (κ2) is 5.25. The van der Waals surface area contributed by atoms with Gasteiger partial charge < -0.3 is 5.32 Å². The first-order valence-electron chi connectivity index (χ1n) is 7.68. The number of rotatable bonds is 4. The summed E-state index contributed by atoms with van der Waals surface area (Å²) in [5.74, 6) is 0. The molecule has 1 aromatic rings. The second-order valence-corrected chi connectivity index (χ2v) is 6.11. The molecule has 0 spiro atoms. The Morgan fingerprint density at radius 2 is 1.89 bits per heavy atom. The van der Waals surface area contributed by atoms with Crippen molar-refractivity contribution in [2.45, 2.75) is 50.1 Å². The average molecular weight is 262 g/mol. The van der Waals surface area contributed by atoms with Gasteiger partial charge in [0, 0.05) is 18.8 Å². The lowest BCUT2D eigenvalue weighted by Gasteiger charge is -2.45. The van der Waals surface area contributed by atoms with Gasteiger partial charge in [0.25, 0.3) is 0 Å². The quantitative estimate of drug-likeness (QED) is 0.902. The van der Waals surface area contributed by atoms with E-state index in [1.165, 1.54) is 57.3 Å². The van der Waals surface area contributed by atoms with Crippen molar-refractivity contribution >= 4 is 0 Å². The lowest BCUT2D eigenvalue weighted by molar-refractivity contribution is 0.0764. The summed E-state index contributed by atoms with van der Waals surface area (Å²) in [5.41, 5.74) is 1.65. The summed E-state index contributed by atoms with van der Waals surface area (Å²) in [5, 5.41) is 7.98. The van der Waals surface area contributed by atoms with Gasteiger partial charge in [-0.25, -0.2) is 0 Å². The predicted octanol–water partition coefficient (Wildman–Crippen LogP) is 2.09. The maximum Gasteiger partial charge on any atom is 0.0676 e. The summed E-state index contributed by atoms with van der Waals surface area (Å²) in [6.07, 6.45) is 10.0. The van der Waals surface area contributed by atoms with Crippen LogP contribution in [0.5, 0.6) is 0 Å². The number of nitrogens with one attached hydrogen (secondary N) is 1. The SMILES string of the molecule is CNC(c1ccnn1C)C1(N2CCCC2)CCCC1. The van der Waals surface area contributed by atoms with Crippen LogP contribution in [0, 0.1) is 0 Å². The van der Waals surface area contributed by atoms with Crippen LogP contribution >= 0.6 is 0 Å². The molecule has 1 saturated heterocycles. The summed E-state index contributed by atoms with van der Waals surface area (Å²) in [6.45, 7) is 2.55. The predicted molar refractivity (Wildman–Crippen MR) is 77.0 cm³/mol. The van der Waals surface area contributed by atoms with E-state index >= 15 is 0 Å². The maximum atomic E-state index is 4.37. The van der Waals surface area contributed by atoms with Crippen molar-refractivity contribution in [1.29, 1.82) is 0 Å². The van der Waals surface area contributed by atoms with Crippen LogP contribution in [-0.2, 0) is 7.05 Å². The van der Waals surface area contributed by atoms with Crippen molar-refractivity contribution in [2.24, 2.45) is 7.05 Å². The molecule has 3 rings (SSSR count). The highest BCUT2D eigenvalue weighted by Crippen LogP contribution is 2.45. The van der Waals surface area contributed by atoms with Crippen LogP contribution < -0.4 is 5.32 Å². The molecule has 1 aromatic heterocycles. The van der Waals surface area contributed by atoms with Gasteiger partial charge in [0.2, 0.25) is 0 Å². The summed E-state index contributed by atoms with van der Waals surface area (Å²) in [6, 6.07) is 2.58. The smallest absolute Gasteiger partial charge is 0.0676 e. The first-order valence-corrected chi connectivity index (χ1v) is 7.68. The van der Waals surface area contributed by atoms with Gasteiger partial charge >= 0.3 is 0 Å². The van der Waals surface area contributed by atoms with Crippen molar-refractivity contribution in [3.63, 3.8) is 0 Å². The molecule has 1 saturated carbocycles. The van der Waals surface area contributed by atoms with E-state index in [2.05, 4.69) is 35.5 Å². The van der Waals surface area contributed by atoms with Gasteiger partial charge in [0.05, 0.1) is 11.7 Å². The van der Waals surface area contributed by atoms with E-state index in [9.17, 15) is 0 Å². The third-order valence-corrected chi connectivity index (χ3v) is 5.19. The van der Waals surface area contributed by atoms with Gasteiger partial charge in [-0.2, -0.15) is 5.10 Å². The van der Waals surface area contributed by atoms with Crippen LogP contribution in [-0.4, -0.2) is 40.4 Å². The van der Waals surface area contributed by atoms with Crippen LogP contribution in [0.1, 0.15) is 50.3 Å². The molecule has 0 aromatic carbocycles. The maximum absolute atomic E-state index is 4.37. The van der Waals surface area contributed by atoms with Crippen molar-refractivity contribution < 1.29 is 0 Å². The zero-order valence-electron chi connectivity index (χ0n) is 12.2. The van der Waals surface area contributed by atoms with E-state index < -0.39 is 0 Å². The molecule has 2 fully saturated rings.